The molecule has 1 heterocycles. The van der Waals surface area contributed by atoms with Crippen LogP contribution in [0.4, 0.5) is 4.79 Å². The van der Waals surface area contributed by atoms with Gasteiger partial charge in [0.2, 0.25) is 5.91 Å². The van der Waals surface area contributed by atoms with Crippen LogP contribution >= 0.6 is 22.9 Å². The minimum Gasteiger partial charge on any atom is -0.480 e. The van der Waals surface area contributed by atoms with E-state index in [0.717, 1.165) is 10.6 Å². The third-order valence-electron chi connectivity index (χ3n) is 3.57. The van der Waals surface area contributed by atoms with Gasteiger partial charge in [-0.3, -0.25) is 4.79 Å². The molecule has 0 fully saturated rings. The molecule has 144 valence electrons. The highest BCUT2D eigenvalue weighted by molar-refractivity contribution is 7.13. The van der Waals surface area contributed by atoms with Crippen molar-refractivity contribution in [3.8, 4) is 10.6 Å². The molecule has 0 radical (unpaired) electrons. The highest BCUT2D eigenvalue weighted by atomic mass is 35.5. The van der Waals surface area contributed by atoms with Crippen LogP contribution in [-0.2, 0) is 16.0 Å². The van der Waals surface area contributed by atoms with E-state index in [0.29, 0.717) is 17.1 Å². The number of carboxylic acid groups (broad SMARTS) is 1. The van der Waals surface area contributed by atoms with Gasteiger partial charge in [-0.05, 0) is 25.0 Å². The van der Waals surface area contributed by atoms with Crippen molar-refractivity contribution in [2.75, 3.05) is 6.54 Å². The van der Waals surface area contributed by atoms with Crippen LogP contribution in [0, 0.1) is 0 Å². The molecule has 0 saturated heterocycles. The average Bonchev–Trinajstić information content (AvgIpc) is 3.05. The lowest BCUT2D eigenvalue weighted by molar-refractivity contribution is -0.141. The number of aromatic nitrogens is 1. The van der Waals surface area contributed by atoms with Crippen LogP contribution < -0.4 is 16.4 Å². The molecule has 0 unspecified atom stereocenters. The number of primary amides is 1. The smallest absolute Gasteiger partial charge is 0.326 e. The van der Waals surface area contributed by atoms with Crippen LogP contribution in [0.5, 0.6) is 0 Å². The Morgan fingerprint density at radius 1 is 1.33 bits per heavy atom. The Balaban J connectivity index is 1.90. The van der Waals surface area contributed by atoms with Crippen molar-refractivity contribution in [1.82, 2.24) is 15.6 Å². The number of nitrogens with zero attached hydrogens (tertiary/aromatic N) is 1. The number of hydrogen-bond acceptors (Lipinski definition) is 5. The number of carbonyl (C=O) groups is 3. The number of thiazole rings is 1. The number of benzene rings is 1. The molecule has 0 saturated carbocycles. The Kier molecular flexibility index (Phi) is 7.56. The molecule has 8 nitrogen and oxygen atoms in total. The van der Waals surface area contributed by atoms with Crippen molar-refractivity contribution in [3.05, 3.63) is 40.4 Å². The van der Waals surface area contributed by atoms with Crippen molar-refractivity contribution < 1.29 is 19.5 Å². The molecule has 0 aliphatic heterocycles. The number of nitrogens with two attached hydrogens (primary N) is 1. The van der Waals surface area contributed by atoms with Crippen molar-refractivity contribution in [2.24, 2.45) is 5.73 Å². The number of hydrogen-bond donors (Lipinski definition) is 4. The summed E-state index contributed by atoms with van der Waals surface area (Å²) in [6.45, 7) is 0.240. The predicted molar refractivity (Wildman–Crippen MR) is 103 cm³/mol. The van der Waals surface area contributed by atoms with Crippen molar-refractivity contribution in [2.45, 2.75) is 25.3 Å². The van der Waals surface area contributed by atoms with Crippen LogP contribution in [-0.4, -0.2) is 40.6 Å². The molecule has 0 aliphatic carbocycles. The first-order valence-corrected chi connectivity index (χ1v) is 9.36. The summed E-state index contributed by atoms with van der Waals surface area (Å²) in [5, 5.41) is 17.1. The van der Waals surface area contributed by atoms with Crippen LogP contribution in [0.15, 0.2) is 29.6 Å². The van der Waals surface area contributed by atoms with E-state index in [-0.39, 0.29) is 19.4 Å². The first-order chi connectivity index (χ1) is 12.8. The molecular formula is C17H19ClN4O4S. The number of nitrogens with one attached hydrogen (secondary N) is 2. The summed E-state index contributed by atoms with van der Waals surface area (Å²) in [6, 6.07) is 5.51. The summed E-state index contributed by atoms with van der Waals surface area (Å²) >= 11 is 7.35. The van der Waals surface area contributed by atoms with Crippen LogP contribution in [0.1, 0.15) is 18.5 Å². The monoisotopic (exact) mass is 410 g/mol. The number of urea groups is 1. The maximum absolute atomic E-state index is 12.1. The second-order valence-electron chi connectivity index (χ2n) is 5.72. The van der Waals surface area contributed by atoms with E-state index in [1.807, 2.05) is 12.1 Å². The summed E-state index contributed by atoms with van der Waals surface area (Å²) < 4.78 is 0. The Hall–Kier alpha value is -2.65. The fourth-order valence-corrected chi connectivity index (χ4v) is 3.33. The summed E-state index contributed by atoms with van der Waals surface area (Å²) in [4.78, 5) is 38.4. The molecule has 0 spiro atoms. The van der Waals surface area contributed by atoms with Gasteiger partial charge < -0.3 is 21.5 Å². The largest absolute Gasteiger partial charge is 0.480 e. The zero-order chi connectivity index (χ0) is 19.8. The van der Waals surface area contributed by atoms with Gasteiger partial charge in [0.1, 0.15) is 11.0 Å². The molecule has 1 atom stereocenters. The van der Waals surface area contributed by atoms with Gasteiger partial charge in [-0.25, -0.2) is 14.6 Å². The maximum Gasteiger partial charge on any atom is 0.326 e. The van der Waals surface area contributed by atoms with Gasteiger partial charge >= 0.3 is 12.0 Å². The van der Waals surface area contributed by atoms with E-state index >= 15 is 0 Å². The number of carboxylic acids is 1. The van der Waals surface area contributed by atoms with Gasteiger partial charge in [-0.1, -0.05) is 23.7 Å². The van der Waals surface area contributed by atoms with Crippen LogP contribution in [0.3, 0.4) is 0 Å². The van der Waals surface area contributed by atoms with Gasteiger partial charge in [0.25, 0.3) is 0 Å². The lowest BCUT2D eigenvalue weighted by Gasteiger charge is -2.14. The maximum atomic E-state index is 12.1. The van der Waals surface area contributed by atoms with E-state index in [2.05, 4.69) is 15.6 Å². The third-order valence-corrected chi connectivity index (χ3v) is 4.74. The standard InChI is InChI=1S/C17H19ClN4O4S/c18-11-4-1-3-10(7-11)15-21-12(9-27-15)8-14(23)22-13(16(24)25)5-2-6-20-17(19)26/h1,3-4,7,9,13H,2,5-6,8H2,(H,22,23)(H,24,25)(H3,19,20,26)/t13-/m1/s1. The number of halogens is 1. The molecule has 1 aromatic heterocycles. The Labute approximate surface area is 164 Å². The molecule has 2 aromatic rings. The first kappa shape index (κ1) is 20.7. The fourth-order valence-electron chi connectivity index (χ4n) is 2.33. The van der Waals surface area contributed by atoms with Gasteiger partial charge in [-0.15, -0.1) is 11.3 Å². The Bertz CT molecular complexity index is 827. The second kappa shape index (κ2) is 9.89. The highest BCUT2D eigenvalue weighted by Crippen LogP contribution is 2.26. The van der Waals surface area contributed by atoms with E-state index in [1.54, 1.807) is 17.5 Å². The Morgan fingerprint density at radius 2 is 2.11 bits per heavy atom. The normalized spacial score (nSPS) is 11.6. The van der Waals surface area contributed by atoms with Gasteiger partial charge in [-0.2, -0.15) is 0 Å². The molecular weight excluding hydrogens is 392 g/mol. The molecule has 1 aromatic carbocycles. The summed E-state index contributed by atoms with van der Waals surface area (Å²) in [5.41, 5.74) is 6.34. The minimum absolute atomic E-state index is 0.0274. The highest BCUT2D eigenvalue weighted by Gasteiger charge is 2.20. The van der Waals surface area contributed by atoms with Crippen molar-refractivity contribution in [1.29, 1.82) is 0 Å². The summed E-state index contributed by atoms with van der Waals surface area (Å²) in [6.07, 6.45) is 0.516. The molecule has 10 heteroatoms. The predicted octanol–water partition coefficient (Wildman–Crippen LogP) is 2.02. The van der Waals surface area contributed by atoms with E-state index in [1.165, 1.54) is 11.3 Å². The topological polar surface area (TPSA) is 134 Å². The number of rotatable bonds is 9. The summed E-state index contributed by atoms with van der Waals surface area (Å²) in [7, 11) is 0. The Morgan fingerprint density at radius 3 is 2.78 bits per heavy atom. The van der Waals surface area contributed by atoms with Gasteiger partial charge in [0.05, 0.1) is 12.1 Å². The first-order valence-electron chi connectivity index (χ1n) is 8.11. The lowest BCUT2D eigenvalue weighted by atomic mass is 10.1. The minimum atomic E-state index is -1.14. The number of aliphatic carboxylic acids is 1. The zero-order valence-electron chi connectivity index (χ0n) is 14.3. The van der Waals surface area contributed by atoms with Crippen LogP contribution in [0.25, 0.3) is 10.6 Å². The fraction of sp³-hybridized carbons (Fsp3) is 0.294. The molecule has 0 aliphatic rings. The average molecular weight is 411 g/mol. The SMILES string of the molecule is NC(=O)NCCC[C@@H](NC(=O)Cc1csc(-c2cccc(Cl)c2)n1)C(=O)O. The van der Waals surface area contributed by atoms with E-state index in [4.69, 9.17) is 17.3 Å². The lowest BCUT2D eigenvalue weighted by Crippen LogP contribution is -2.42. The number of carbonyl (C=O) groups excluding carboxylic acids is 2. The van der Waals surface area contributed by atoms with Gasteiger partial charge in [0.15, 0.2) is 0 Å². The van der Waals surface area contributed by atoms with Gasteiger partial charge in [0, 0.05) is 22.5 Å². The van der Waals surface area contributed by atoms with E-state index in [9.17, 15) is 19.5 Å². The van der Waals surface area contributed by atoms with Crippen LogP contribution in [0.2, 0.25) is 5.02 Å². The third kappa shape index (κ3) is 6.87. The van der Waals surface area contributed by atoms with Crippen molar-refractivity contribution in [3.63, 3.8) is 0 Å². The quantitative estimate of drug-likeness (QED) is 0.469. The molecule has 2 rings (SSSR count). The molecule has 27 heavy (non-hydrogen) atoms. The second-order valence-corrected chi connectivity index (χ2v) is 7.02. The zero-order valence-corrected chi connectivity index (χ0v) is 15.8. The molecule has 3 amide bonds. The van der Waals surface area contributed by atoms with Crippen molar-refractivity contribution >= 4 is 40.8 Å². The number of amides is 3. The van der Waals surface area contributed by atoms with E-state index < -0.39 is 23.9 Å². The molecule has 5 N–H and O–H groups in total. The summed E-state index contributed by atoms with van der Waals surface area (Å²) in [5.74, 6) is -1.58. The molecule has 0 bridgehead atoms.